The van der Waals surface area contributed by atoms with Gasteiger partial charge in [0.05, 0.1) is 12.0 Å². The number of benzene rings is 1. The molecule has 1 N–H and O–H groups in total. The Labute approximate surface area is 190 Å². The lowest BCUT2D eigenvalue weighted by Gasteiger charge is -2.33. The first-order valence-electron chi connectivity index (χ1n) is 10.4. The van der Waals surface area contributed by atoms with E-state index in [-0.39, 0.29) is 24.4 Å². The summed E-state index contributed by atoms with van der Waals surface area (Å²) in [5.41, 5.74) is 2.77. The van der Waals surface area contributed by atoms with E-state index in [0.717, 1.165) is 49.2 Å². The quantitative estimate of drug-likeness (QED) is 0.470. The number of piperidine rings is 1. The van der Waals surface area contributed by atoms with Crippen LogP contribution in [-0.2, 0) is 0 Å². The number of hydrogen-bond donors (Lipinski definition) is 1. The number of H-pyrrole nitrogens is 1. The van der Waals surface area contributed by atoms with Gasteiger partial charge in [0.1, 0.15) is 17.7 Å². The number of aromatic amines is 1. The molecule has 7 nitrogen and oxygen atoms in total. The maximum Gasteiger partial charge on any atom is 0.182 e. The maximum absolute atomic E-state index is 13.7. The summed E-state index contributed by atoms with van der Waals surface area (Å²) in [7, 11) is 0. The van der Waals surface area contributed by atoms with Crippen LogP contribution < -0.4 is 4.90 Å². The van der Waals surface area contributed by atoms with E-state index in [1.807, 2.05) is 6.20 Å². The van der Waals surface area contributed by atoms with E-state index >= 15 is 0 Å². The fourth-order valence-electron chi connectivity index (χ4n) is 4.26. The van der Waals surface area contributed by atoms with Crippen LogP contribution in [0.1, 0.15) is 44.5 Å². The highest BCUT2D eigenvalue weighted by molar-refractivity contribution is 5.85. The largest absolute Gasteiger partial charge is 0.355 e. The number of halogens is 3. The van der Waals surface area contributed by atoms with Gasteiger partial charge in [0.25, 0.3) is 0 Å². The van der Waals surface area contributed by atoms with Gasteiger partial charge in [-0.25, -0.2) is 28.7 Å². The average molecular weight is 460 g/mol. The summed E-state index contributed by atoms with van der Waals surface area (Å²) in [6.07, 6.45) is 6.96. The molecule has 3 aromatic heterocycles. The first kappa shape index (κ1) is 22.1. The predicted octanol–water partition coefficient (Wildman–Crippen LogP) is 4.88. The summed E-state index contributed by atoms with van der Waals surface area (Å²) in [6.45, 7) is 5.87. The zero-order valence-electron chi connectivity index (χ0n) is 17.8. The van der Waals surface area contributed by atoms with Gasteiger partial charge >= 0.3 is 0 Å². The number of imidazole rings is 2. The fraction of sp³-hybridized carbons (Fsp3) is 0.364. The average Bonchev–Trinajstić information content (AvgIpc) is 3.43. The van der Waals surface area contributed by atoms with Crippen LogP contribution in [0.15, 0.2) is 37.1 Å². The Kier molecular flexibility index (Phi) is 6.10. The number of nitrogens with one attached hydrogen (secondary N) is 1. The van der Waals surface area contributed by atoms with Crippen LogP contribution in [0, 0.1) is 11.6 Å². The van der Waals surface area contributed by atoms with E-state index in [2.05, 4.69) is 43.3 Å². The molecule has 0 bridgehead atoms. The summed E-state index contributed by atoms with van der Waals surface area (Å²) in [4.78, 5) is 23.1. The Morgan fingerprint density at radius 2 is 1.84 bits per heavy atom. The normalized spacial score (nSPS) is 14.8. The van der Waals surface area contributed by atoms with Gasteiger partial charge in [0, 0.05) is 36.8 Å². The molecule has 10 heteroatoms. The second kappa shape index (κ2) is 8.82. The molecule has 1 fully saturated rings. The maximum atomic E-state index is 13.7. The number of rotatable bonds is 4. The molecule has 0 spiro atoms. The van der Waals surface area contributed by atoms with Crippen LogP contribution in [0.4, 0.5) is 14.6 Å². The smallest absolute Gasteiger partial charge is 0.182 e. The van der Waals surface area contributed by atoms with Crippen molar-refractivity contribution in [2.75, 3.05) is 18.0 Å². The Hall–Kier alpha value is -3.07. The predicted molar refractivity (Wildman–Crippen MR) is 121 cm³/mol. The molecule has 1 aromatic carbocycles. The first-order chi connectivity index (χ1) is 15.0. The summed E-state index contributed by atoms with van der Waals surface area (Å²) in [6, 6.07) is 4.14. The van der Waals surface area contributed by atoms with E-state index in [9.17, 15) is 8.78 Å². The zero-order valence-corrected chi connectivity index (χ0v) is 18.6. The first-order valence-corrected chi connectivity index (χ1v) is 10.4. The molecule has 0 saturated carbocycles. The molecule has 168 valence electrons. The van der Waals surface area contributed by atoms with Crippen LogP contribution in [0.2, 0.25) is 0 Å². The topological polar surface area (TPSA) is 75.5 Å². The second-order valence-electron chi connectivity index (χ2n) is 8.17. The van der Waals surface area contributed by atoms with Gasteiger partial charge in [-0.2, -0.15) is 0 Å². The van der Waals surface area contributed by atoms with Crippen LogP contribution in [0.25, 0.3) is 22.4 Å². The number of nitrogens with zero attached hydrogens (tertiary/aromatic N) is 6. The molecule has 1 aliphatic rings. The molecular formula is C22H24ClF2N7. The van der Waals surface area contributed by atoms with Gasteiger partial charge in [-0.15, -0.1) is 12.4 Å². The summed E-state index contributed by atoms with van der Waals surface area (Å²) in [5, 5.41) is 0. The number of fused-ring (bicyclic) bond motifs is 1. The zero-order chi connectivity index (χ0) is 21.5. The number of aromatic nitrogens is 6. The lowest BCUT2D eigenvalue weighted by Crippen LogP contribution is -2.34. The van der Waals surface area contributed by atoms with Gasteiger partial charge in [0.15, 0.2) is 23.1 Å². The molecule has 1 aliphatic heterocycles. The summed E-state index contributed by atoms with van der Waals surface area (Å²) >= 11 is 0. The van der Waals surface area contributed by atoms with Crippen LogP contribution in [0.5, 0.6) is 0 Å². The lowest BCUT2D eigenvalue weighted by molar-refractivity contribution is 0.448. The van der Waals surface area contributed by atoms with Crippen molar-refractivity contribution >= 4 is 29.4 Å². The molecule has 0 amide bonds. The minimum Gasteiger partial charge on any atom is -0.355 e. The van der Waals surface area contributed by atoms with Crippen molar-refractivity contribution in [3.8, 4) is 11.3 Å². The van der Waals surface area contributed by atoms with Crippen molar-refractivity contribution in [3.05, 3.63) is 54.5 Å². The third-order valence-electron chi connectivity index (χ3n) is 5.90. The van der Waals surface area contributed by atoms with Crippen molar-refractivity contribution in [1.82, 2.24) is 29.5 Å². The summed E-state index contributed by atoms with van der Waals surface area (Å²) in [5.74, 6) is 0.424. The highest BCUT2D eigenvalue weighted by Crippen LogP contribution is 2.34. The van der Waals surface area contributed by atoms with Crippen molar-refractivity contribution in [1.29, 1.82) is 0 Å². The molecule has 4 aromatic rings. The van der Waals surface area contributed by atoms with Crippen LogP contribution >= 0.6 is 12.4 Å². The third kappa shape index (κ3) is 3.92. The van der Waals surface area contributed by atoms with Crippen molar-refractivity contribution < 1.29 is 8.78 Å². The molecular weight excluding hydrogens is 436 g/mol. The number of hydrogen-bond acceptors (Lipinski definition) is 5. The molecule has 1 saturated heterocycles. The molecule has 0 radical (unpaired) electrons. The SMILES string of the molecule is CC(C)n1cc(-c2ccc(F)c(F)c2)nc1C1CCN(c2ncnc3nc[nH]c23)CC1.Cl. The van der Waals surface area contributed by atoms with E-state index in [0.29, 0.717) is 16.9 Å². The van der Waals surface area contributed by atoms with Gasteiger partial charge < -0.3 is 14.5 Å². The molecule has 0 unspecified atom stereocenters. The van der Waals surface area contributed by atoms with Crippen LogP contribution in [-0.4, -0.2) is 42.6 Å². The monoisotopic (exact) mass is 459 g/mol. The second-order valence-corrected chi connectivity index (χ2v) is 8.17. The van der Waals surface area contributed by atoms with Gasteiger partial charge in [-0.3, -0.25) is 0 Å². The fourth-order valence-corrected chi connectivity index (χ4v) is 4.26. The molecule has 0 aliphatic carbocycles. The Balaban J connectivity index is 0.00000245. The van der Waals surface area contributed by atoms with E-state index in [1.165, 1.54) is 6.07 Å². The Bertz CT molecular complexity index is 1230. The highest BCUT2D eigenvalue weighted by atomic mass is 35.5. The number of anilines is 1. The van der Waals surface area contributed by atoms with Crippen molar-refractivity contribution in [2.24, 2.45) is 0 Å². The standard InChI is InChI=1S/C22H23F2N7.ClH/c1-13(2)31-10-18(15-3-4-16(23)17(24)9-15)29-21(31)14-5-7-30(8-6-14)22-19-20(26-11-25-19)27-12-28-22;/h3-4,9-14H,5-8H2,1-2H3,(H,25,26,27,28);1H. The minimum atomic E-state index is -0.860. The Morgan fingerprint density at radius 1 is 1.06 bits per heavy atom. The molecule has 32 heavy (non-hydrogen) atoms. The lowest BCUT2D eigenvalue weighted by atomic mass is 9.95. The van der Waals surface area contributed by atoms with Crippen LogP contribution in [0.3, 0.4) is 0 Å². The third-order valence-corrected chi connectivity index (χ3v) is 5.90. The van der Waals surface area contributed by atoms with Gasteiger partial charge in [-0.1, -0.05) is 0 Å². The molecule has 0 atom stereocenters. The van der Waals surface area contributed by atoms with Crippen molar-refractivity contribution in [3.63, 3.8) is 0 Å². The minimum absolute atomic E-state index is 0. The summed E-state index contributed by atoms with van der Waals surface area (Å²) < 4.78 is 29.2. The van der Waals surface area contributed by atoms with E-state index in [1.54, 1.807) is 18.7 Å². The van der Waals surface area contributed by atoms with E-state index in [4.69, 9.17) is 4.98 Å². The Morgan fingerprint density at radius 3 is 2.56 bits per heavy atom. The van der Waals surface area contributed by atoms with Crippen molar-refractivity contribution in [2.45, 2.75) is 38.6 Å². The van der Waals surface area contributed by atoms with Gasteiger partial charge in [0.2, 0.25) is 0 Å². The molecule has 5 rings (SSSR count). The molecule has 4 heterocycles. The highest BCUT2D eigenvalue weighted by Gasteiger charge is 2.27. The van der Waals surface area contributed by atoms with E-state index < -0.39 is 11.6 Å². The van der Waals surface area contributed by atoms with Gasteiger partial charge in [-0.05, 0) is 44.9 Å².